The van der Waals surface area contributed by atoms with E-state index < -0.39 is 0 Å². The zero-order chi connectivity index (χ0) is 12.8. The molecule has 0 aliphatic heterocycles. The third kappa shape index (κ3) is 3.85. The van der Waals surface area contributed by atoms with Crippen molar-refractivity contribution in [3.8, 4) is 0 Å². The molecule has 0 unspecified atom stereocenters. The summed E-state index contributed by atoms with van der Waals surface area (Å²) in [5, 5.41) is 8.79. The minimum Gasteiger partial charge on any atom is -0.376 e. The molecule has 1 aromatic carbocycles. The first kappa shape index (κ1) is 12.6. The molecule has 0 fully saturated rings. The van der Waals surface area contributed by atoms with Gasteiger partial charge in [0.25, 0.3) is 0 Å². The number of para-hydroxylation sites is 1. The van der Waals surface area contributed by atoms with Crippen LogP contribution < -0.4 is 10.6 Å². The van der Waals surface area contributed by atoms with Gasteiger partial charge in [0, 0.05) is 16.8 Å². The third-order valence-corrected chi connectivity index (χ3v) is 3.30. The predicted octanol–water partition coefficient (Wildman–Crippen LogP) is 2.18. The van der Waals surface area contributed by atoms with Crippen molar-refractivity contribution in [2.24, 2.45) is 0 Å². The fourth-order valence-corrected chi connectivity index (χ4v) is 2.17. The van der Waals surface area contributed by atoms with Crippen LogP contribution in [0.2, 0.25) is 0 Å². The highest BCUT2D eigenvalue weighted by atomic mass is 32.1. The first-order valence-electron chi connectivity index (χ1n) is 5.70. The SMILES string of the molecule is Cc1csc(CNC(=O)CNc2ccccc2)n1. The van der Waals surface area contributed by atoms with Gasteiger partial charge in [0.05, 0.1) is 13.1 Å². The van der Waals surface area contributed by atoms with Gasteiger partial charge in [-0.25, -0.2) is 4.98 Å². The fourth-order valence-electron chi connectivity index (χ4n) is 1.46. The number of aromatic nitrogens is 1. The molecule has 94 valence electrons. The van der Waals surface area contributed by atoms with Gasteiger partial charge in [-0.2, -0.15) is 0 Å². The highest BCUT2D eigenvalue weighted by molar-refractivity contribution is 7.09. The maximum atomic E-state index is 11.6. The van der Waals surface area contributed by atoms with Crippen molar-refractivity contribution in [3.63, 3.8) is 0 Å². The number of nitrogens with one attached hydrogen (secondary N) is 2. The molecule has 0 atom stereocenters. The second kappa shape index (κ2) is 6.16. The van der Waals surface area contributed by atoms with Gasteiger partial charge in [-0.3, -0.25) is 4.79 Å². The van der Waals surface area contributed by atoms with Crippen LogP contribution in [0.15, 0.2) is 35.7 Å². The van der Waals surface area contributed by atoms with Crippen LogP contribution in [0.4, 0.5) is 5.69 Å². The standard InChI is InChI=1S/C13H15N3OS/c1-10-9-18-13(16-10)8-15-12(17)7-14-11-5-3-2-4-6-11/h2-6,9,14H,7-8H2,1H3,(H,15,17). The Morgan fingerprint density at radius 1 is 1.33 bits per heavy atom. The lowest BCUT2D eigenvalue weighted by Crippen LogP contribution is -2.29. The molecule has 4 nitrogen and oxygen atoms in total. The monoisotopic (exact) mass is 261 g/mol. The highest BCUT2D eigenvalue weighted by Crippen LogP contribution is 2.08. The van der Waals surface area contributed by atoms with Crippen LogP contribution in [0.25, 0.3) is 0 Å². The first-order valence-corrected chi connectivity index (χ1v) is 6.58. The van der Waals surface area contributed by atoms with Crippen molar-refractivity contribution in [2.45, 2.75) is 13.5 Å². The van der Waals surface area contributed by atoms with Crippen molar-refractivity contribution >= 4 is 22.9 Å². The zero-order valence-corrected chi connectivity index (χ0v) is 11.0. The molecule has 18 heavy (non-hydrogen) atoms. The molecule has 2 aromatic rings. The van der Waals surface area contributed by atoms with Crippen LogP contribution in [0, 0.1) is 6.92 Å². The number of anilines is 1. The summed E-state index contributed by atoms with van der Waals surface area (Å²) in [6, 6.07) is 9.65. The van der Waals surface area contributed by atoms with Gasteiger partial charge in [0.15, 0.2) is 0 Å². The number of aryl methyl sites for hydroxylation is 1. The summed E-state index contributed by atoms with van der Waals surface area (Å²) in [5.74, 6) is -0.0355. The summed E-state index contributed by atoms with van der Waals surface area (Å²) in [4.78, 5) is 15.9. The van der Waals surface area contributed by atoms with E-state index in [0.29, 0.717) is 6.54 Å². The van der Waals surface area contributed by atoms with Gasteiger partial charge >= 0.3 is 0 Å². The van der Waals surface area contributed by atoms with E-state index in [1.165, 1.54) is 0 Å². The number of rotatable bonds is 5. The van der Waals surface area contributed by atoms with Gasteiger partial charge in [-0.1, -0.05) is 18.2 Å². The number of hydrogen-bond donors (Lipinski definition) is 2. The summed E-state index contributed by atoms with van der Waals surface area (Å²) >= 11 is 1.56. The molecule has 0 radical (unpaired) electrons. The van der Waals surface area contributed by atoms with Crippen molar-refractivity contribution in [1.82, 2.24) is 10.3 Å². The van der Waals surface area contributed by atoms with Crippen LogP contribution in [-0.2, 0) is 11.3 Å². The quantitative estimate of drug-likeness (QED) is 0.867. The molecule has 5 heteroatoms. The Morgan fingerprint density at radius 3 is 2.78 bits per heavy atom. The lowest BCUT2D eigenvalue weighted by molar-refractivity contribution is -0.119. The topological polar surface area (TPSA) is 54.0 Å². The van der Waals surface area contributed by atoms with Crippen molar-refractivity contribution < 1.29 is 4.79 Å². The fraction of sp³-hybridized carbons (Fsp3) is 0.231. The van der Waals surface area contributed by atoms with E-state index in [-0.39, 0.29) is 12.5 Å². The normalized spacial score (nSPS) is 10.1. The van der Waals surface area contributed by atoms with Crippen molar-refractivity contribution in [1.29, 1.82) is 0 Å². The number of carbonyl (C=O) groups excluding carboxylic acids is 1. The average Bonchev–Trinajstić information content (AvgIpc) is 2.81. The summed E-state index contributed by atoms with van der Waals surface area (Å²) in [7, 11) is 0. The van der Waals surface area contributed by atoms with E-state index in [0.717, 1.165) is 16.4 Å². The van der Waals surface area contributed by atoms with Gasteiger partial charge in [-0.05, 0) is 19.1 Å². The van der Waals surface area contributed by atoms with E-state index in [4.69, 9.17) is 0 Å². The van der Waals surface area contributed by atoms with Crippen LogP contribution in [0.1, 0.15) is 10.7 Å². The predicted molar refractivity (Wildman–Crippen MR) is 73.6 cm³/mol. The van der Waals surface area contributed by atoms with E-state index in [1.54, 1.807) is 11.3 Å². The number of amides is 1. The summed E-state index contributed by atoms with van der Waals surface area (Å²) in [5.41, 5.74) is 1.93. The molecule has 1 amide bonds. The van der Waals surface area contributed by atoms with Crippen LogP contribution >= 0.6 is 11.3 Å². The summed E-state index contributed by atoms with van der Waals surface area (Å²) < 4.78 is 0. The van der Waals surface area contributed by atoms with Gasteiger partial charge in [0.1, 0.15) is 5.01 Å². The van der Waals surface area contributed by atoms with Gasteiger partial charge < -0.3 is 10.6 Å². The molecule has 0 saturated carbocycles. The summed E-state index contributed by atoms with van der Waals surface area (Å²) in [6.45, 7) is 2.71. The molecule has 2 rings (SSSR count). The second-order valence-corrected chi connectivity index (χ2v) is 4.82. The number of benzene rings is 1. The Balaban J connectivity index is 1.73. The lowest BCUT2D eigenvalue weighted by Gasteiger charge is -2.06. The Kier molecular flexibility index (Phi) is 4.30. The molecule has 0 saturated heterocycles. The maximum Gasteiger partial charge on any atom is 0.239 e. The lowest BCUT2D eigenvalue weighted by atomic mass is 10.3. The number of thiazole rings is 1. The average molecular weight is 261 g/mol. The highest BCUT2D eigenvalue weighted by Gasteiger charge is 2.03. The van der Waals surface area contributed by atoms with E-state index in [1.807, 2.05) is 42.6 Å². The molecule has 0 aliphatic carbocycles. The van der Waals surface area contributed by atoms with E-state index in [9.17, 15) is 4.79 Å². The van der Waals surface area contributed by atoms with Gasteiger partial charge in [-0.15, -0.1) is 11.3 Å². The van der Waals surface area contributed by atoms with Crippen LogP contribution in [0.5, 0.6) is 0 Å². The van der Waals surface area contributed by atoms with E-state index >= 15 is 0 Å². The smallest absolute Gasteiger partial charge is 0.239 e. The Hall–Kier alpha value is -1.88. The maximum absolute atomic E-state index is 11.6. The molecule has 1 aromatic heterocycles. The van der Waals surface area contributed by atoms with E-state index in [2.05, 4.69) is 15.6 Å². The van der Waals surface area contributed by atoms with Crippen LogP contribution in [-0.4, -0.2) is 17.4 Å². The molecular formula is C13H15N3OS. The Morgan fingerprint density at radius 2 is 2.11 bits per heavy atom. The van der Waals surface area contributed by atoms with Crippen molar-refractivity contribution in [3.05, 3.63) is 46.4 Å². The number of hydrogen-bond acceptors (Lipinski definition) is 4. The molecule has 0 aliphatic rings. The van der Waals surface area contributed by atoms with Crippen molar-refractivity contribution in [2.75, 3.05) is 11.9 Å². The third-order valence-electron chi connectivity index (χ3n) is 2.33. The number of carbonyl (C=O) groups is 1. The molecule has 0 spiro atoms. The Bertz CT molecular complexity index is 510. The first-order chi connectivity index (χ1) is 8.74. The Labute approximate surface area is 110 Å². The zero-order valence-electron chi connectivity index (χ0n) is 10.1. The van der Waals surface area contributed by atoms with Crippen LogP contribution in [0.3, 0.4) is 0 Å². The second-order valence-electron chi connectivity index (χ2n) is 3.88. The summed E-state index contributed by atoms with van der Waals surface area (Å²) in [6.07, 6.45) is 0. The molecular weight excluding hydrogens is 246 g/mol. The van der Waals surface area contributed by atoms with Gasteiger partial charge in [0.2, 0.25) is 5.91 Å². The number of nitrogens with zero attached hydrogens (tertiary/aromatic N) is 1. The molecule has 0 bridgehead atoms. The minimum atomic E-state index is -0.0355. The molecule has 1 heterocycles. The molecule has 2 N–H and O–H groups in total. The minimum absolute atomic E-state index is 0.0355. The largest absolute Gasteiger partial charge is 0.376 e.